The van der Waals surface area contributed by atoms with Crippen molar-refractivity contribution in [2.75, 3.05) is 19.7 Å². The molecule has 1 N–H and O–H groups in total. The lowest BCUT2D eigenvalue weighted by atomic mass is 10.1. The summed E-state index contributed by atoms with van der Waals surface area (Å²) in [6, 6.07) is 6.84. The van der Waals surface area contributed by atoms with Crippen LogP contribution in [0.3, 0.4) is 0 Å². The third-order valence-corrected chi connectivity index (χ3v) is 2.41. The van der Waals surface area contributed by atoms with Gasteiger partial charge in [-0.1, -0.05) is 12.1 Å². The van der Waals surface area contributed by atoms with Gasteiger partial charge < -0.3 is 14.7 Å². The first-order chi connectivity index (χ1) is 8.60. The number of amides is 1. The minimum absolute atomic E-state index is 0.310. The summed E-state index contributed by atoms with van der Waals surface area (Å²) >= 11 is 0. The molecule has 1 aromatic carbocycles. The summed E-state index contributed by atoms with van der Waals surface area (Å²) in [4.78, 5) is 24.1. The Balaban J connectivity index is 2.97. The van der Waals surface area contributed by atoms with Gasteiger partial charge in [0.2, 0.25) is 0 Å². The predicted molar refractivity (Wildman–Crippen MR) is 66.8 cm³/mol. The Kier molecular flexibility index (Phi) is 5.17. The molecular weight excluding hydrogens is 234 g/mol. The van der Waals surface area contributed by atoms with Gasteiger partial charge in [0.05, 0.1) is 12.2 Å². The van der Waals surface area contributed by atoms with Crippen molar-refractivity contribution in [1.82, 2.24) is 4.90 Å². The molecule has 0 heterocycles. The highest BCUT2D eigenvalue weighted by Gasteiger charge is 2.19. The molecule has 0 aliphatic heterocycles. The molecule has 0 aliphatic carbocycles. The third-order valence-electron chi connectivity index (χ3n) is 2.41. The number of carbonyl (C=O) groups excluding carboxylic acids is 1. The number of hydrogen-bond acceptors (Lipinski definition) is 3. The van der Waals surface area contributed by atoms with E-state index in [0.29, 0.717) is 24.5 Å². The molecule has 0 aliphatic rings. The van der Waals surface area contributed by atoms with Gasteiger partial charge in [-0.3, -0.25) is 9.59 Å². The third kappa shape index (κ3) is 3.48. The van der Waals surface area contributed by atoms with Gasteiger partial charge in [-0.15, -0.1) is 0 Å². The van der Waals surface area contributed by atoms with Crippen LogP contribution in [0.1, 0.15) is 24.2 Å². The van der Waals surface area contributed by atoms with E-state index < -0.39 is 5.97 Å². The van der Waals surface area contributed by atoms with Gasteiger partial charge in [-0.25, -0.2) is 0 Å². The smallest absolute Gasteiger partial charge is 0.323 e. The molecule has 0 saturated heterocycles. The van der Waals surface area contributed by atoms with E-state index in [4.69, 9.17) is 9.84 Å². The van der Waals surface area contributed by atoms with Crippen LogP contribution in [0.15, 0.2) is 24.3 Å². The van der Waals surface area contributed by atoms with Crippen molar-refractivity contribution in [1.29, 1.82) is 0 Å². The second-order valence-corrected chi connectivity index (χ2v) is 3.64. The minimum Gasteiger partial charge on any atom is -0.493 e. The Bertz CT molecular complexity index is 431. The molecule has 0 bridgehead atoms. The molecule has 1 amide bonds. The zero-order valence-corrected chi connectivity index (χ0v) is 10.5. The molecule has 0 unspecified atom stereocenters. The van der Waals surface area contributed by atoms with Crippen LogP contribution >= 0.6 is 0 Å². The maximum absolute atomic E-state index is 12.2. The zero-order valence-electron chi connectivity index (χ0n) is 10.5. The number of aliphatic carboxylic acids is 1. The summed E-state index contributed by atoms with van der Waals surface area (Å²) in [6.45, 7) is 4.05. The van der Waals surface area contributed by atoms with Crippen LogP contribution in [0.2, 0.25) is 0 Å². The Labute approximate surface area is 106 Å². The lowest BCUT2D eigenvalue weighted by Crippen LogP contribution is -2.35. The molecule has 1 rings (SSSR count). The van der Waals surface area contributed by atoms with Crippen molar-refractivity contribution in [3.63, 3.8) is 0 Å². The number of carbonyl (C=O) groups is 2. The maximum Gasteiger partial charge on any atom is 0.323 e. The first-order valence-electron chi connectivity index (χ1n) is 5.83. The van der Waals surface area contributed by atoms with Gasteiger partial charge in [0.15, 0.2) is 0 Å². The van der Waals surface area contributed by atoms with E-state index in [0.717, 1.165) is 0 Å². The van der Waals surface area contributed by atoms with Gasteiger partial charge in [0.1, 0.15) is 12.3 Å². The first kappa shape index (κ1) is 14.0. The van der Waals surface area contributed by atoms with Crippen molar-refractivity contribution in [3.8, 4) is 5.75 Å². The average molecular weight is 251 g/mol. The molecule has 5 heteroatoms. The first-order valence-corrected chi connectivity index (χ1v) is 5.83. The molecule has 0 fully saturated rings. The lowest BCUT2D eigenvalue weighted by molar-refractivity contribution is -0.137. The fourth-order valence-corrected chi connectivity index (χ4v) is 1.59. The Hall–Kier alpha value is -2.04. The fraction of sp³-hybridized carbons (Fsp3) is 0.385. The monoisotopic (exact) mass is 251 g/mol. The Morgan fingerprint density at radius 1 is 1.28 bits per heavy atom. The lowest BCUT2D eigenvalue weighted by Gasteiger charge is -2.20. The van der Waals surface area contributed by atoms with E-state index in [9.17, 15) is 9.59 Å². The van der Waals surface area contributed by atoms with E-state index >= 15 is 0 Å². The highest BCUT2D eigenvalue weighted by Crippen LogP contribution is 2.19. The second kappa shape index (κ2) is 6.64. The number of carboxylic acids is 1. The molecule has 0 spiro atoms. The van der Waals surface area contributed by atoms with Crippen LogP contribution in [0.5, 0.6) is 5.75 Å². The summed E-state index contributed by atoms with van der Waals surface area (Å²) in [7, 11) is 0. The highest BCUT2D eigenvalue weighted by atomic mass is 16.5. The van der Waals surface area contributed by atoms with Gasteiger partial charge in [0, 0.05) is 6.54 Å². The number of benzene rings is 1. The molecule has 18 heavy (non-hydrogen) atoms. The number of ether oxygens (including phenoxy) is 1. The van der Waals surface area contributed by atoms with Crippen LogP contribution in [0.4, 0.5) is 0 Å². The van der Waals surface area contributed by atoms with Gasteiger partial charge in [-0.2, -0.15) is 0 Å². The summed E-state index contributed by atoms with van der Waals surface area (Å²) in [5, 5.41) is 8.76. The molecule has 0 aromatic heterocycles. The SMILES string of the molecule is CCOc1ccccc1C(=O)N(CC)CC(=O)O. The summed E-state index contributed by atoms with van der Waals surface area (Å²) < 4.78 is 5.36. The largest absolute Gasteiger partial charge is 0.493 e. The minimum atomic E-state index is -1.03. The van der Waals surface area contributed by atoms with E-state index in [1.165, 1.54) is 4.90 Å². The van der Waals surface area contributed by atoms with Crippen LogP contribution in [-0.2, 0) is 4.79 Å². The van der Waals surface area contributed by atoms with Crippen LogP contribution < -0.4 is 4.74 Å². The van der Waals surface area contributed by atoms with E-state index in [2.05, 4.69) is 0 Å². The molecular formula is C13H17NO4. The van der Waals surface area contributed by atoms with Gasteiger partial charge in [0.25, 0.3) is 5.91 Å². The normalized spacial score (nSPS) is 9.89. The molecule has 1 aromatic rings. The number of likely N-dealkylation sites (N-methyl/N-ethyl adjacent to an activating group) is 1. The van der Waals surface area contributed by atoms with Crippen molar-refractivity contribution >= 4 is 11.9 Å². The van der Waals surface area contributed by atoms with Crippen LogP contribution in [0, 0.1) is 0 Å². The fourth-order valence-electron chi connectivity index (χ4n) is 1.59. The average Bonchev–Trinajstić information content (AvgIpc) is 2.36. The standard InChI is InChI=1S/C13H17NO4/c1-3-14(9-12(15)16)13(17)10-7-5-6-8-11(10)18-4-2/h5-8H,3-4,9H2,1-2H3,(H,15,16). The van der Waals surface area contributed by atoms with Crippen molar-refractivity contribution in [2.45, 2.75) is 13.8 Å². The molecule has 0 atom stereocenters. The summed E-state index contributed by atoms with van der Waals surface area (Å²) in [5.74, 6) is -0.878. The Morgan fingerprint density at radius 2 is 1.94 bits per heavy atom. The quantitative estimate of drug-likeness (QED) is 0.834. The zero-order chi connectivity index (χ0) is 13.5. The van der Waals surface area contributed by atoms with Crippen molar-refractivity contribution in [3.05, 3.63) is 29.8 Å². The number of para-hydroxylation sites is 1. The van der Waals surface area contributed by atoms with E-state index in [-0.39, 0.29) is 12.5 Å². The number of nitrogens with zero attached hydrogens (tertiary/aromatic N) is 1. The van der Waals surface area contributed by atoms with E-state index in [1.807, 2.05) is 6.92 Å². The molecule has 0 saturated carbocycles. The van der Waals surface area contributed by atoms with Crippen LogP contribution in [0.25, 0.3) is 0 Å². The van der Waals surface area contributed by atoms with Crippen molar-refractivity contribution < 1.29 is 19.4 Å². The molecule has 98 valence electrons. The Morgan fingerprint density at radius 3 is 2.50 bits per heavy atom. The topological polar surface area (TPSA) is 66.8 Å². The van der Waals surface area contributed by atoms with E-state index in [1.54, 1.807) is 31.2 Å². The van der Waals surface area contributed by atoms with Gasteiger partial charge >= 0.3 is 5.97 Å². The number of hydrogen-bond donors (Lipinski definition) is 1. The summed E-state index contributed by atoms with van der Waals surface area (Å²) in [6.07, 6.45) is 0. The predicted octanol–water partition coefficient (Wildman–Crippen LogP) is 1.63. The van der Waals surface area contributed by atoms with Crippen LogP contribution in [-0.4, -0.2) is 41.6 Å². The molecule has 5 nitrogen and oxygen atoms in total. The number of rotatable bonds is 6. The highest BCUT2D eigenvalue weighted by molar-refractivity contribution is 5.98. The number of carboxylic acid groups (broad SMARTS) is 1. The van der Waals surface area contributed by atoms with Crippen molar-refractivity contribution in [2.24, 2.45) is 0 Å². The maximum atomic E-state index is 12.2. The molecule has 0 radical (unpaired) electrons. The van der Waals surface area contributed by atoms with Gasteiger partial charge in [-0.05, 0) is 26.0 Å². The summed E-state index contributed by atoms with van der Waals surface area (Å²) in [5.41, 5.74) is 0.391. The second-order valence-electron chi connectivity index (χ2n) is 3.64.